The molecule has 0 bridgehead atoms. The SMILES string of the molecule is Cc1c(-c2cc3cc(NC(=O)OC4CCN(C(=O)OC(C)(C)C)CC4)ncc3c(Cl)c2F)cnc2c1N(C(=O)OC(C)(C)C)CCO2. The van der Waals surface area contributed by atoms with Crippen molar-refractivity contribution < 1.29 is 37.7 Å². The van der Waals surface area contributed by atoms with Crippen LogP contribution in [0.5, 0.6) is 5.88 Å². The van der Waals surface area contributed by atoms with Gasteiger partial charge in [-0.3, -0.25) is 10.2 Å². The molecular weight excluding hydrogens is 633 g/mol. The minimum absolute atomic E-state index is 0.140. The van der Waals surface area contributed by atoms with Crippen molar-refractivity contribution in [3.63, 3.8) is 0 Å². The summed E-state index contributed by atoms with van der Waals surface area (Å²) in [5.41, 5.74) is 0.146. The Morgan fingerprint density at radius 2 is 1.62 bits per heavy atom. The van der Waals surface area contributed by atoms with Gasteiger partial charge in [0, 0.05) is 54.8 Å². The first-order valence-corrected chi connectivity index (χ1v) is 15.7. The Morgan fingerprint density at radius 3 is 2.28 bits per heavy atom. The third-order valence-corrected chi connectivity index (χ3v) is 7.87. The summed E-state index contributed by atoms with van der Waals surface area (Å²) >= 11 is 6.49. The summed E-state index contributed by atoms with van der Waals surface area (Å²) in [7, 11) is 0. The number of nitrogens with one attached hydrogen (secondary N) is 1. The van der Waals surface area contributed by atoms with Crippen LogP contribution in [-0.2, 0) is 14.2 Å². The van der Waals surface area contributed by atoms with Gasteiger partial charge in [0.1, 0.15) is 41.2 Å². The quantitative estimate of drug-likeness (QED) is 0.281. The Kier molecular flexibility index (Phi) is 9.40. The first kappa shape index (κ1) is 34.0. The van der Waals surface area contributed by atoms with E-state index < -0.39 is 41.4 Å². The van der Waals surface area contributed by atoms with E-state index in [1.165, 1.54) is 17.3 Å². The Labute approximate surface area is 277 Å². The number of benzene rings is 1. The second-order valence-electron chi connectivity index (χ2n) is 13.5. The molecule has 14 heteroatoms. The smallest absolute Gasteiger partial charge is 0.415 e. The maximum absolute atomic E-state index is 15.8. The molecule has 1 fully saturated rings. The van der Waals surface area contributed by atoms with E-state index in [-0.39, 0.29) is 35.4 Å². The minimum atomic E-state index is -0.724. The molecule has 12 nitrogen and oxygen atoms in total. The molecule has 0 atom stereocenters. The second-order valence-corrected chi connectivity index (χ2v) is 13.8. The van der Waals surface area contributed by atoms with Crippen LogP contribution in [0.1, 0.15) is 59.9 Å². The van der Waals surface area contributed by atoms with Gasteiger partial charge < -0.3 is 23.8 Å². The average molecular weight is 672 g/mol. The summed E-state index contributed by atoms with van der Waals surface area (Å²) in [6.07, 6.45) is 1.69. The van der Waals surface area contributed by atoms with E-state index in [2.05, 4.69) is 15.3 Å². The van der Waals surface area contributed by atoms with Gasteiger partial charge in [-0.05, 0) is 71.5 Å². The van der Waals surface area contributed by atoms with Crippen LogP contribution in [0.2, 0.25) is 5.02 Å². The molecule has 47 heavy (non-hydrogen) atoms. The van der Waals surface area contributed by atoms with E-state index in [1.54, 1.807) is 65.5 Å². The largest absolute Gasteiger partial charge is 0.474 e. The summed E-state index contributed by atoms with van der Waals surface area (Å²) in [5.74, 6) is -0.281. The lowest BCUT2D eigenvalue weighted by molar-refractivity contribution is 0.00790. The number of anilines is 2. The van der Waals surface area contributed by atoms with E-state index in [1.807, 2.05) is 0 Å². The van der Waals surface area contributed by atoms with Crippen LogP contribution in [0, 0.1) is 12.7 Å². The normalized spacial score (nSPS) is 15.5. The zero-order valence-electron chi connectivity index (χ0n) is 27.5. The number of pyridine rings is 2. The second kappa shape index (κ2) is 13.0. The van der Waals surface area contributed by atoms with Gasteiger partial charge in [-0.1, -0.05) is 11.6 Å². The molecular formula is C33H39ClFN5O7. The van der Waals surface area contributed by atoms with Gasteiger partial charge in [0.25, 0.3) is 0 Å². The number of hydrogen-bond acceptors (Lipinski definition) is 9. The molecule has 1 saturated heterocycles. The van der Waals surface area contributed by atoms with Crippen molar-refractivity contribution in [2.24, 2.45) is 0 Å². The van der Waals surface area contributed by atoms with E-state index in [9.17, 15) is 14.4 Å². The highest BCUT2D eigenvalue weighted by Crippen LogP contribution is 2.42. The lowest BCUT2D eigenvalue weighted by Gasteiger charge is -2.33. The number of aromatic nitrogens is 2. The molecule has 0 unspecified atom stereocenters. The van der Waals surface area contributed by atoms with Gasteiger partial charge in [0.15, 0.2) is 0 Å². The van der Waals surface area contributed by atoms with Crippen molar-refractivity contribution >= 4 is 52.2 Å². The number of carbonyl (C=O) groups excluding carboxylic acids is 3. The lowest BCUT2D eigenvalue weighted by atomic mass is 9.97. The highest BCUT2D eigenvalue weighted by Gasteiger charge is 2.33. The van der Waals surface area contributed by atoms with Crippen molar-refractivity contribution in [1.82, 2.24) is 14.9 Å². The first-order chi connectivity index (χ1) is 22.0. The zero-order valence-corrected chi connectivity index (χ0v) is 28.3. The van der Waals surface area contributed by atoms with Crippen LogP contribution in [-0.4, -0.2) is 76.7 Å². The summed E-state index contributed by atoms with van der Waals surface area (Å²) in [4.78, 5) is 49.8. The molecule has 0 saturated carbocycles. The molecule has 0 aliphatic carbocycles. The fourth-order valence-corrected chi connectivity index (χ4v) is 5.63. The summed E-state index contributed by atoms with van der Waals surface area (Å²) in [6.45, 7) is 13.7. The van der Waals surface area contributed by atoms with Crippen LogP contribution in [0.25, 0.3) is 21.9 Å². The van der Waals surface area contributed by atoms with Gasteiger partial charge >= 0.3 is 18.3 Å². The van der Waals surface area contributed by atoms with Gasteiger partial charge in [0.2, 0.25) is 5.88 Å². The van der Waals surface area contributed by atoms with Crippen molar-refractivity contribution in [3.05, 3.63) is 40.9 Å². The molecule has 1 aromatic carbocycles. The monoisotopic (exact) mass is 671 g/mol. The predicted octanol–water partition coefficient (Wildman–Crippen LogP) is 7.48. The third kappa shape index (κ3) is 7.78. The molecule has 3 aromatic rings. The Morgan fingerprint density at radius 1 is 0.957 bits per heavy atom. The van der Waals surface area contributed by atoms with Gasteiger partial charge in [-0.25, -0.2) is 28.7 Å². The van der Waals surface area contributed by atoms with Crippen LogP contribution in [0.15, 0.2) is 24.5 Å². The molecule has 2 aliphatic heterocycles. The van der Waals surface area contributed by atoms with Gasteiger partial charge in [-0.2, -0.15) is 0 Å². The molecule has 1 N–H and O–H groups in total. The standard InChI is InChI=1S/C33H39ClFN5O7/c1-18-22(16-37-28-27(18)40(12-13-44-28)31(43)47-33(5,6)7)21-14-19-15-24(36-17-23(19)25(34)26(21)35)38-29(41)45-20-8-10-39(11-9-20)30(42)46-32(2,3)4/h14-17,20H,8-13H2,1-7H3,(H,36,38,41). The topological polar surface area (TPSA) is 132 Å². The molecule has 4 heterocycles. The predicted molar refractivity (Wildman–Crippen MR) is 175 cm³/mol. The van der Waals surface area contributed by atoms with Crippen LogP contribution in [0.3, 0.4) is 0 Å². The first-order valence-electron chi connectivity index (χ1n) is 15.4. The number of likely N-dealkylation sites (tertiary alicyclic amines) is 1. The molecule has 2 aliphatic rings. The maximum atomic E-state index is 15.8. The Balaban J connectivity index is 1.35. The number of piperidine rings is 1. The summed E-state index contributed by atoms with van der Waals surface area (Å²) in [5, 5.41) is 3.30. The molecule has 0 spiro atoms. The van der Waals surface area contributed by atoms with Crippen molar-refractivity contribution in [3.8, 4) is 17.0 Å². The van der Waals surface area contributed by atoms with Gasteiger partial charge in [-0.15, -0.1) is 0 Å². The fourth-order valence-electron chi connectivity index (χ4n) is 5.37. The number of rotatable bonds is 3. The van der Waals surface area contributed by atoms with E-state index in [4.69, 9.17) is 30.5 Å². The maximum Gasteiger partial charge on any atom is 0.415 e. The minimum Gasteiger partial charge on any atom is -0.474 e. The summed E-state index contributed by atoms with van der Waals surface area (Å²) < 4.78 is 38.1. The molecule has 2 aromatic heterocycles. The number of amides is 3. The van der Waals surface area contributed by atoms with E-state index in [0.717, 1.165) is 0 Å². The van der Waals surface area contributed by atoms with E-state index >= 15 is 4.39 Å². The number of halogens is 2. The molecule has 0 radical (unpaired) electrons. The fraction of sp³-hybridized carbons (Fsp3) is 0.485. The number of fused-ring (bicyclic) bond motifs is 2. The van der Waals surface area contributed by atoms with E-state index in [0.29, 0.717) is 53.5 Å². The van der Waals surface area contributed by atoms with Crippen LogP contribution >= 0.6 is 11.6 Å². The lowest BCUT2D eigenvalue weighted by Crippen LogP contribution is -2.44. The summed E-state index contributed by atoms with van der Waals surface area (Å²) in [6, 6.07) is 3.15. The van der Waals surface area contributed by atoms with Crippen molar-refractivity contribution in [1.29, 1.82) is 0 Å². The number of hydrogen-bond donors (Lipinski definition) is 1. The highest BCUT2D eigenvalue weighted by molar-refractivity contribution is 6.36. The van der Waals surface area contributed by atoms with Crippen molar-refractivity contribution in [2.45, 2.75) is 78.6 Å². The third-order valence-electron chi connectivity index (χ3n) is 7.50. The molecule has 252 valence electrons. The molecule has 3 amide bonds. The number of carbonyl (C=O) groups is 3. The molecule has 5 rings (SSSR count). The van der Waals surface area contributed by atoms with Crippen LogP contribution < -0.4 is 15.0 Å². The average Bonchev–Trinajstić information content (AvgIpc) is 2.97. The zero-order chi connectivity index (χ0) is 34.3. The van der Waals surface area contributed by atoms with Crippen molar-refractivity contribution in [2.75, 3.05) is 36.5 Å². The Hall–Kier alpha value is -4.39. The number of nitrogens with zero attached hydrogens (tertiary/aromatic N) is 4. The number of ether oxygens (including phenoxy) is 4. The Bertz CT molecular complexity index is 1710. The highest BCUT2D eigenvalue weighted by atomic mass is 35.5. The van der Waals surface area contributed by atoms with Gasteiger partial charge in [0.05, 0.1) is 11.6 Å². The van der Waals surface area contributed by atoms with Crippen LogP contribution in [0.4, 0.5) is 30.3 Å².